The first kappa shape index (κ1) is 15.0. The third-order valence-electron chi connectivity index (χ3n) is 3.84. The van der Waals surface area contributed by atoms with Gasteiger partial charge in [0.25, 0.3) is 0 Å². The van der Waals surface area contributed by atoms with Crippen molar-refractivity contribution >= 4 is 5.91 Å². The fourth-order valence-electron chi connectivity index (χ4n) is 2.89. The summed E-state index contributed by atoms with van der Waals surface area (Å²) in [5.74, 6) is 0.887. The minimum Gasteiger partial charge on any atom is -0.338 e. The van der Waals surface area contributed by atoms with Gasteiger partial charge >= 0.3 is 0 Å². The van der Waals surface area contributed by atoms with E-state index >= 15 is 0 Å². The second-order valence-corrected chi connectivity index (χ2v) is 6.09. The zero-order valence-electron chi connectivity index (χ0n) is 12.6. The molecule has 0 aliphatic carbocycles. The molecule has 1 aliphatic heterocycles. The van der Waals surface area contributed by atoms with E-state index in [1.165, 1.54) is 0 Å². The molecule has 1 unspecified atom stereocenters. The van der Waals surface area contributed by atoms with Crippen molar-refractivity contribution in [2.24, 2.45) is 5.92 Å². The Kier molecular flexibility index (Phi) is 5.60. The third kappa shape index (κ3) is 4.34. The van der Waals surface area contributed by atoms with E-state index in [-0.39, 0.29) is 5.91 Å². The Bertz CT molecular complexity index is 416. The molecular formula is C17H26N2O. The minimum atomic E-state index is 0.269. The monoisotopic (exact) mass is 274 g/mol. The molecule has 2 rings (SSSR count). The van der Waals surface area contributed by atoms with Crippen molar-refractivity contribution in [1.82, 2.24) is 10.2 Å². The van der Waals surface area contributed by atoms with Gasteiger partial charge in [0.2, 0.25) is 5.91 Å². The van der Waals surface area contributed by atoms with Gasteiger partial charge in [-0.15, -0.1) is 0 Å². The van der Waals surface area contributed by atoms with Crippen molar-refractivity contribution in [1.29, 1.82) is 0 Å². The van der Waals surface area contributed by atoms with E-state index in [0.717, 1.165) is 38.0 Å². The van der Waals surface area contributed by atoms with Gasteiger partial charge in [-0.3, -0.25) is 4.79 Å². The summed E-state index contributed by atoms with van der Waals surface area (Å²) in [7, 11) is 0. The molecule has 1 amide bonds. The summed E-state index contributed by atoms with van der Waals surface area (Å²) >= 11 is 0. The maximum atomic E-state index is 12.6. The van der Waals surface area contributed by atoms with Gasteiger partial charge in [-0.2, -0.15) is 0 Å². The van der Waals surface area contributed by atoms with Crippen LogP contribution in [0.2, 0.25) is 0 Å². The van der Waals surface area contributed by atoms with E-state index in [9.17, 15) is 4.79 Å². The molecule has 1 saturated heterocycles. The molecule has 0 radical (unpaired) electrons. The first-order chi connectivity index (χ1) is 9.66. The van der Waals surface area contributed by atoms with Crippen LogP contribution in [0.3, 0.4) is 0 Å². The maximum absolute atomic E-state index is 12.6. The van der Waals surface area contributed by atoms with Crippen molar-refractivity contribution in [3.8, 4) is 0 Å². The Balaban J connectivity index is 2.03. The van der Waals surface area contributed by atoms with Crippen molar-refractivity contribution in [2.45, 2.75) is 39.2 Å². The Morgan fingerprint density at radius 2 is 2.10 bits per heavy atom. The van der Waals surface area contributed by atoms with E-state index in [0.29, 0.717) is 18.4 Å². The quantitative estimate of drug-likeness (QED) is 0.915. The third-order valence-corrected chi connectivity index (χ3v) is 3.84. The van der Waals surface area contributed by atoms with Gasteiger partial charge in [0.05, 0.1) is 6.42 Å². The molecule has 1 fully saturated rings. The van der Waals surface area contributed by atoms with Crippen molar-refractivity contribution < 1.29 is 4.79 Å². The highest BCUT2D eigenvalue weighted by atomic mass is 16.2. The first-order valence-corrected chi connectivity index (χ1v) is 7.71. The lowest BCUT2D eigenvalue weighted by molar-refractivity contribution is -0.132. The number of nitrogens with one attached hydrogen (secondary N) is 1. The molecule has 0 aromatic heterocycles. The lowest BCUT2D eigenvalue weighted by Crippen LogP contribution is -2.45. The van der Waals surface area contributed by atoms with Gasteiger partial charge in [-0.1, -0.05) is 44.2 Å². The molecule has 3 nitrogen and oxygen atoms in total. The van der Waals surface area contributed by atoms with Crippen LogP contribution in [0.15, 0.2) is 30.3 Å². The van der Waals surface area contributed by atoms with Crippen LogP contribution in [0.4, 0.5) is 0 Å². The lowest BCUT2D eigenvalue weighted by Gasteiger charge is -2.31. The van der Waals surface area contributed by atoms with Crippen LogP contribution in [0, 0.1) is 5.92 Å². The zero-order valence-corrected chi connectivity index (χ0v) is 12.6. The summed E-state index contributed by atoms with van der Waals surface area (Å²) < 4.78 is 0. The fourth-order valence-corrected chi connectivity index (χ4v) is 2.89. The Morgan fingerprint density at radius 3 is 2.80 bits per heavy atom. The molecule has 0 bridgehead atoms. The first-order valence-electron chi connectivity index (χ1n) is 7.71. The zero-order chi connectivity index (χ0) is 14.4. The summed E-state index contributed by atoms with van der Waals surface area (Å²) in [5.41, 5.74) is 1.11. The van der Waals surface area contributed by atoms with Crippen molar-refractivity contribution in [3.05, 3.63) is 35.9 Å². The van der Waals surface area contributed by atoms with E-state index in [2.05, 4.69) is 24.1 Å². The number of carbonyl (C=O) groups is 1. The van der Waals surface area contributed by atoms with E-state index in [1.54, 1.807) is 0 Å². The van der Waals surface area contributed by atoms with Crippen molar-refractivity contribution in [3.63, 3.8) is 0 Å². The van der Waals surface area contributed by atoms with Crippen LogP contribution in [-0.2, 0) is 11.2 Å². The van der Waals surface area contributed by atoms with Gasteiger partial charge < -0.3 is 10.2 Å². The summed E-state index contributed by atoms with van der Waals surface area (Å²) in [5, 5.41) is 3.46. The second kappa shape index (κ2) is 7.44. The number of rotatable bonds is 4. The van der Waals surface area contributed by atoms with Crippen LogP contribution in [-0.4, -0.2) is 36.5 Å². The summed E-state index contributed by atoms with van der Waals surface area (Å²) in [6.45, 7) is 7.29. The molecule has 1 heterocycles. The second-order valence-electron chi connectivity index (χ2n) is 6.09. The Morgan fingerprint density at radius 1 is 1.35 bits per heavy atom. The molecule has 1 aromatic rings. The number of hydrogen-bond acceptors (Lipinski definition) is 2. The SMILES string of the molecule is CC(C)CC1CNCCCN1C(=O)Cc1ccccc1. The molecule has 1 N–H and O–H groups in total. The topological polar surface area (TPSA) is 32.3 Å². The highest BCUT2D eigenvalue weighted by molar-refractivity contribution is 5.79. The minimum absolute atomic E-state index is 0.269. The maximum Gasteiger partial charge on any atom is 0.227 e. The van der Waals surface area contributed by atoms with Crippen LogP contribution < -0.4 is 5.32 Å². The lowest BCUT2D eigenvalue weighted by atomic mass is 10.0. The van der Waals surface area contributed by atoms with E-state index in [4.69, 9.17) is 0 Å². The average Bonchev–Trinajstić information content (AvgIpc) is 2.64. The molecule has 1 atom stereocenters. The average molecular weight is 274 g/mol. The predicted molar refractivity (Wildman–Crippen MR) is 82.6 cm³/mol. The van der Waals surface area contributed by atoms with Gasteiger partial charge in [0.15, 0.2) is 0 Å². The summed E-state index contributed by atoms with van der Waals surface area (Å²) in [6, 6.07) is 10.4. The molecule has 0 spiro atoms. The molecule has 3 heteroatoms. The van der Waals surface area contributed by atoms with Crippen LogP contribution in [0.25, 0.3) is 0 Å². The van der Waals surface area contributed by atoms with Crippen molar-refractivity contribution in [2.75, 3.05) is 19.6 Å². The van der Waals surface area contributed by atoms with Gasteiger partial charge in [-0.05, 0) is 30.9 Å². The summed E-state index contributed by atoms with van der Waals surface area (Å²) in [6.07, 6.45) is 2.65. The van der Waals surface area contributed by atoms with E-state index in [1.807, 2.05) is 30.3 Å². The molecule has 110 valence electrons. The smallest absolute Gasteiger partial charge is 0.227 e. The predicted octanol–water partition coefficient (Wildman–Crippen LogP) is 2.47. The van der Waals surface area contributed by atoms with Gasteiger partial charge in [0, 0.05) is 19.1 Å². The van der Waals surface area contributed by atoms with Crippen LogP contribution in [0.5, 0.6) is 0 Å². The van der Waals surface area contributed by atoms with Crippen LogP contribution in [0.1, 0.15) is 32.3 Å². The largest absolute Gasteiger partial charge is 0.338 e. The number of hydrogen-bond donors (Lipinski definition) is 1. The normalized spacial score (nSPS) is 19.9. The van der Waals surface area contributed by atoms with E-state index < -0.39 is 0 Å². The highest BCUT2D eigenvalue weighted by Crippen LogP contribution is 2.15. The molecule has 1 aliphatic rings. The number of amides is 1. The fraction of sp³-hybridized carbons (Fsp3) is 0.588. The molecular weight excluding hydrogens is 248 g/mol. The van der Waals surface area contributed by atoms with Gasteiger partial charge in [0.1, 0.15) is 0 Å². The van der Waals surface area contributed by atoms with Gasteiger partial charge in [-0.25, -0.2) is 0 Å². The number of carbonyl (C=O) groups excluding carboxylic acids is 1. The molecule has 20 heavy (non-hydrogen) atoms. The standard InChI is InChI=1S/C17H26N2O/c1-14(2)11-16-13-18-9-6-10-19(16)17(20)12-15-7-4-3-5-8-15/h3-5,7-8,14,16,18H,6,9-13H2,1-2H3. The molecule has 1 aromatic carbocycles. The Hall–Kier alpha value is -1.35. The number of benzene rings is 1. The number of nitrogens with zero attached hydrogens (tertiary/aromatic N) is 1. The highest BCUT2D eigenvalue weighted by Gasteiger charge is 2.25. The Labute approximate surface area is 122 Å². The summed E-state index contributed by atoms with van der Waals surface area (Å²) in [4.78, 5) is 14.7. The molecule has 0 saturated carbocycles. The van der Waals surface area contributed by atoms with Crippen LogP contribution >= 0.6 is 0 Å².